The molecule has 2 heterocycles. The molecular formula is C23H22F2N4O3. The average Bonchev–Trinajstić information content (AvgIpc) is 2.80. The van der Waals surface area contributed by atoms with Crippen molar-refractivity contribution < 1.29 is 23.0 Å². The van der Waals surface area contributed by atoms with E-state index in [0.717, 1.165) is 12.1 Å². The Morgan fingerprint density at radius 1 is 1.09 bits per heavy atom. The summed E-state index contributed by atoms with van der Waals surface area (Å²) in [5, 5.41) is 0. The standard InChI is InChI=1S/C23H22F2N4O3/c1-15-13-28(8-9-29(15)23(30)16-4-3-5-18(10-16)31-2)21-12-22(27-14-26-21)32-20-7-6-17(24)11-19(20)25/h3-7,10-12,14-15H,8-9,13H2,1-2H3. The van der Waals surface area contributed by atoms with Crippen molar-refractivity contribution in [2.75, 3.05) is 31.6 Å². The molecule has 1 unspecified atom stereocenters. The summed E-state index contributed by atoms with van der Waals surface area (Å²) in [7, 11) is 1.56. The lowest BCUT2D eigenvalue weighted by atomic mass is 10.1. The molecule has 1 fully saturated rings. The quantitative estimate of drug-likeness (QED) is 0.599. The molecule has 0 aliphatic carbocycles. The fraction of sp³-hybridized carbons (Fsp3) is 0.261. The van der Waals surface area contributed by atoms with E-state index in [-0.39, 0.29) is 23.6 Å². The summed E-state index contributed by atoms with van der Waals surface area (Å²) >= 11 is 0. The van der Waals surface area contributed by atoms with Gasteiger partial charge >= 0.3 is 0 Å². The topological polar surface area (TPSA) is 67.8 Å². The zero-order valence-electron chi connectivity index (χ0n) is 17.7. The molecule has 1 aliphatic rings. The lowest BCUT2D eigenvalue weighted by Gasteiger charge is -2.40. The van der Waals surface area contributed by atoms with Gasteiger partial charge in [0, 0.05) is 43.4 Å². The van der Waals surface area contributed by atoms with Gasteiger partial charge in [0.25, 0.3) is 5.91 Å². The normalized spacial score (nSPS) is 16.1. The molecule has 3 aromatic rings. The number of amides is 1. The fourth-order valence-electron chi connectivity index (χ4n) is 3.62. The van der Waals surface area contributed by atoms with Crippen LogP contribution >= 0.6 is 0 Å². The number of halogens is 2. The third kappa shape index (κ3) is 4.61. The SMILES string of the molecule is COc1cccc(C(=O)N2CCN(c3cc(Oc4ccc(F)cc4F)ncn3)CC2C)c1. The molecule has 32 heavy (non-hydrogen) atoms. The number of nitrogens with zero attached hydrogens (tertiary/aromatic N) is 4. The number of methoxy groups -OCH3 is 1. The van der Waals surface area contributed by atoms with E-state index in [0.29, 0.717) is 36.8 Å². The molecule has 0 spiro atoms. The highest BCUT2D eigenvalue weighted by atomic mass is 19.1. The summed E-state index contributed by atoms with van der Waals surface area (Å²) in [6, 6.07) is 11.7. The van der Waals surface area contributed by atoms with Crippen LogP contribution in [0.15, 0.2) is 54.9 Å². The van der Waals surface area contributed by atoms with Crippen LogP contribution in [0.4, 0.5) is 14.6 Å². The maximum atomic E-state index is 13.9. The highest BCUT2D eigenvalue weighted by Crippen LogP contribution is 2.27. The summed E-state index contributed by atoms with van der Waals surface area (Å²) in [6.07, 6.45) is 1.32. The maximum absolute atomic E-state index is 13.9. The Kier molecular flexibility index (Phi) is 6.16. The molecule has 1 saturated heterocycles. The van der Waals surface area contributed by atoms with E-state index in [2.05, 4.69) is 9.97 Å². The number of aromatic nitrogens is 2. The molecule has 1 aliphatic heterocycles. The molecule has 2 aromatic carbocycles. The van der Waals surface area contributed by atoms with Crippen LogP contribution in [0.5, 0.6) is 17.4 Å². The third-order valence-corrected chi connectivity index (χ3v) is 5.27. The molecule has 1 aromatic heterocycles. The molecule has 0 bridgehead atoms. The Morgan fingerprint density at radius 2 is 1.94 bits per heavy atom. The predicted molar refractivity (Wildman–Crippen MR) is 114 cm³/mol. The first-order chi connectivity index (χ1) is 15.4. The van der Waals surface area contributed by atoms with E-state index in [4.69, 9.17) is 9.47 Å². The second-order valence-electron chi connectivity index (χ2n) is 7.42. The zero-order valence-corrected chi connectivity index (χ0v) is 17.7. The van der Waals surface area contributed by atoms with Crippen molar-refractivity contribution in [2.45, 2.75) is 13.0 Å². The smallest absolute Gasteiger partial charge is 0.254 e. The third-order valence-electron chi connectivity index (χ3n) is 5.27. The van der Waals surface area contributed by atoms with Crippen molar-refractivity contribution in [3.05, 3.63) is 72.1 Å². The van der Waals surface area contributed by atoms with Crippen molar-refractivity contribution in [2.24, 2.45) is 0 Å². The highest BCUT2D eigenvalue weighted by molar-refractivity contribution is 5.95. The largest absolute Gasteiger partial charge is 0.497 e. The van der Waals surface area contributed by atoms with Gasteiger partial charge in [-0.25, -0.2) is 18.7 Å². The van der Waals surface area contributed by atoms with E-state index in [1.165, 1.54) is 12.4 Å². The van der Waals surface area contributed by atoms with E-state index in [1.807, 2.05) is 16.7 Å². The second-order valence-corrected chi connectivity index (χ2v) is 7.42. The minimum absolute atomic E-state index is 0.0606. The van der Waals surface area contributed by atoms with Gasteiger partial charge in [-0.05, 0) is 37.3 Å². The Bertz CT molecular complexity index is 1130. The summed E-state index contributed by atoms with van der Waals surface area (Å²) in [5.41, 5.74) is 0.573. The van der Waals surface area contributed by atoms with Crippen molar-refractivity contribution >= 4 is 11.7 Å². The van der Waals surface area contributed by atoms with E-state index in [1.54, 1.807) is 37.4 Å². The minimum atomic E-state index is -0.816. The Hall–Kier alpha value is -3.75. The van der Waals surface area contributed by atoms with Gasteiger partial charge in [0.1, 0.15) is 23.7 Å². The van der Waals surface area contributed by atoms with Gasteiger partial charge in [-0.3, -0.25) is 4.79 Å². The molecule has 4 rings (SSSR count). The van der Waals surface area contributed by atoms with Gasteiger partial charge in [0.05, 0.1) is 7.11 Å². The van der Waals surface area contributed by atoms with Gasteiger partial charge in [-0.15, -0.1) is 0 Å². The summed E-state index contributed by atoms with van der Waals surface area (Å²) in [4.78, 5) is 25.1. The molecule has 9 heteroatoms. The molecule has 0 N–H and O–H groups in total. The van der Waals surface area contributed by atoms with Crippen LogP contribution in [-0.4, -0.2) is 53.6 Å². The van der Waals surface area contributed by atoms with Crippen molar-refractivity contribution in [3.8, 4) is 17.4 Å². The average molecular weight is 440 g/mol. The maximum Gasteiger partial charge on any atom is 0.254 e. The van der Waals surface area contributed by atoms with Crippen LogP contribution in [0.1, 0.15) is 17.3 Å². The van der Waals surface area contributed by atoms with Gasteiger partial charge < -0.3 is 19.3 Å². The van der Waals surface area contributed by atoms with E-state index in [9.17, 15) is 13.6 Å². The molecule has 1 atom stereocenters. The first-order valence-corrected chi connectivity index (χ1v) is 10.1. The number of anilines is 1. The Morgan fingerprint density at radius 3 is 2.69 bits per heavy atom. The molecule has 7 nitrogen and oxygen atoms in total. The number of ether oxygens (including phenoxy) is 2. The minimum Gasteiger partial charge on any atom is -0.497 e. The first kappa shape index (κ1) is 21.5. The van der Waals surface area contributed by atoms with Crippen LogP contribution in [0.3, 0.4) is 0 Å². The number of hydrogen-bond acceptors (Lipinski definition) is 6. The Balaban J connectivity index is 1.45. The van der Waals surface area contributed by atoms with Crippen LogP contribution in [-0.2, 0) is 0 Å². The van der Waals surface area contributed by atoms with E-state index >= 15 is 0 Å². The Labute approximate surface area is 184 Å². The number of benzene rings is 2. The summed E-state index contributed by atoms with van der Waals surface area (Å²) in [5.74, 6) is -0.321. The van der Waals surface area contributed by atoms with Gasteiger partial charge in [-0.2, -0.15) is 0 Å². The lowest BCUT2D eigenvalue weighted by Crippen LogP contribution is -2.54. The van der Waals surface area contributed by atoms with Crippen LogP contribution in [0, 0.1) is 11.6 Å². The highest BCUT2D eigenvalue weighted by Gasteiger charge is 2.29. The number of carbonyl (C=O) groups is 1. The molecular weight excluding hydrogens is 418 g/mol. The number of piperazine rings is 1. The fourth-order valence-corrected chi connectivity index (χ4v) is 3.62. The molecule has 166 valence electrons. The van der Waals surface area contributed by atoms with Crippen LogP contribution in [0.2, 0.25) is 0 Å². The molecule has 1 amide bonds. The monoisotopic (exact) mass is 440 g/mol. The van der Waals surface area contributed by atoms with E-state index < -0.39 is 11.6 Å². The van der Waals surface area contributed by atoms with Crippen molar-refractivity contribution in [1.29, 1.82) is 0 Å². The number of hydrogen-bond donors (Lipinski definition) is 0. The molecule has 0 saturated carbocycles. The van der Waals surface area contributed by atoms with Crippen LogP contribution < -0.4 is 14.4 Å². The first-order valence-electron chi connectivity index (χ1n) is 10.1. The van der Waals surface area contributed by atoms with Gasteiger partial charge in [-0.1, -0.05) is 6.07 Å². The predicted octanol–water partition coefficient (Wildman–Crippen LogP) is 3.91. The zero-order chi connectivity index (χ0) is 22.7. The van der Waals surface area contributed by atoms with Crippen molar-refractivity contribution in [3.63, 3.8) is 0 Å². The van der Waals surface area contributed by atoms with Gasteiger partial charge in [0.15, 0.2) is 11.6 Å². The number of carbonyl (C=O) groups excluding carboxylic acids is 1. The summed E-state index contributed by atoms with van der Waals surface area (Å²) < 4.78 is 37.7. The van der Waals surface area contributed by atoms with Gasteiger partial charge in [0.2, 0.25) is 5.88 Å². The van der Waals surface area contributed by atoms with Crippen LogP contribution in [0.25, 0.3) is 0 Å². The summed E-state index contributed by atoms with van der Waals surface area (Å²) in [6.45, 7) is 3.58. The second kappa shape index (κ2) is 9.17. The lowest BCUT2D eigenvalue weighted by molar-refractivity contribution is 0.0673. The number of rotatable bonds is 5. The molecule has 0 radical (unpaired) electrons. The van der Waals surface area contributed by atoms with Crippen molar-refractivity contribution in [1.82, 2.24) is 14.9 Å².